The number of phenols is 1. The van der Waals surface area contributed by atoms with Gasteiger partial charge in [-0.3, -0.25) is 9.59 Å². The molecule has 2 amide bonds. The minimum Gasteiger partial charge on any atom is -0.507 e. The molecule has 0 radical (unpaired) electrons. The van der Waals surface area contributed by atoms with Crippen molar-refractivity contribution in [3.8, 4) is 11.5 Å². The monoisotopic (exact) mass is 364 g/mol. The molecule has 1 aromatic heterocycles. The van der Waals surface area contributed by atoms with Crippen LogP contribution in [-0.4, -0.2) is 36.1 Å². The molecule has 25 heavy (non-hydrogen) atoms. The fourth-order valence-corrected chi connectivity index (χ4v) is 2.70. The van der Waals surface area contributed by atoms with Crippen LogP contribution in [0.5, 0.6) is 11.5 Å². The zero-order valence-corrected chi connectivity index (χ0v) is 14.3. The van der Waals surface area contributed by atoms with Crippen molar-refractivity contribution in [2.75, 3.05) is 12.4 Å². The molecule has 2 rings (SSSR count). The fourth-order valence-electron chi connectivity index (χ4n) is 1.90. The number of thiophene rings is 1. The molecule has 1 atom stereocenters. The molecule has 0 saturated carbocycles. The number of primary amides is 1. The number of rotatable bonds is 6. The Labute approximate surface area is 147 Å². The Morgan fingerprint density at radius 1 is 1.24 bits per heavy atom. The van der Waals surface area contributed by atoms with E-state index in [9.17, 15) is 19.5 Å². The van der Waals surface area contributed by atoms with Crippen molar-refractivity contribution in [1.29, 1.82) is 0 Å². The predicted molar refractivity (Wildman–Crippen MR) is 91.0 cm³/mol. The van der Waals surface area contributed by atoms with Crippen molar-refractivity contribution >= 4 is 34.1 Å². The van der Waals surface area contributed by atoms with Crippen LogP contribution in [0, 0.1) is 0 Å². The highest BCUT2D eigenvalue weighted by Gasteiger charge is 2.23. The number of phenolic OH excluding ortho intramolecular Hbond substituents is 1. The molecule has 4 N–H and O–H groups in total. The van der Waals surface area contributed by atoms with Gasteiger partial charge in [0, 0.05) is 6.07 Å². The molecule has 1 aromatic carbocycles. The van der Waals surface area contributed by atoms with E-state index < -0.39 is 23.9 Å². The number of amides is 2. The van der Waals surface area contributed by atoms with E-state index in [4.69, 9.17) is 15.2 Å². The van der Waals surface area contributed by atoms with Gasteiger partial charge in [0.05, 0.1) is 12.7 Å². The van der Waals surface area contributed by atoms with E-state index in [0.29, 0.717) is 5.75 Å². The largest absolute Gasteiger partial charge is 0.507 e. The molecular weight excluding hydrogens is 348 g/mol. The minimum atomic E-state index is -1.16. The summed E-state index contributed by atoms with van der Waals surface area (Å²) in [6.45, 7) is 1.37. The van der Waals surface area contributed by atoms with Crippen molar-refractivity contribution in [3.63, 3.8) is 0 Å². The van der Waals surface area contributed by atoms with Crippen molar-refractivity contribution in [3.05, 3.63) is 40.8 Å². The molecule has 0 aliphatic carbocycles. The van der Waals surface area contributed by atoms with E-state index in [1.807, 2.05) is 0 Å². The molecule has 0 unspecified atom stereocenters. The summed E-state index contributed by atoms with van der Waals surface area (Å²) in [6, 6.07) is 5.54. The summed E-state index contributed by atoms with van der Waals surface area (Å²) in [5.41, 5.74) is 5.27. The van der Waals surface area contributed by atoms with Crippen LogP contribution in [0.2, 0.25) is 0 Å². The molecule has 1 heterocycles. The first kappa shape index (κ1) is 18.3. The molecule has 2 aromatic rings. The lowest BCUT2D eigenvalue weighted by Gasteiger charge is -2.14. The minimum absolute atomic E-state index is 0.102. The second-order valence-electron chi connectivity index (χ2n) is 4.95. The Hall–Kier alpha value is -3.07. The lowest BCUT2D eigenvalue weighted by atomic mass is 10.2. The second kappa shape index (κ2) is 7.67. The van der Waals surface area contributed by atoms with Crippen LogP contribution < -0.4 is 15.8 Å². The summed E-state index contributed by atoms with van der Waals surface area (Å²) in [6.07, 6.45) is -1.16. The van der Waals surface area contributed by atoms with E-state index in [2.05, 4.69) is 5.32 Å². The molecule has 0 spiro atoms. The van der Waals surface area contributed by atoms with E-state index in [1.165, 1.54) is 38.3 Å². The van der Waals surface area contributed by atoms with Gasteiger partial charge in [0.15, 0.2) is 6.10 Å². The van der Waals surface area contributed by atoms with Gasteiger partial charge < -0.3 is 25.6 Å². The maximum absolute atomic E-state index is 12.1. The number of hydrogen-bond donors (Lipinski definition) is 3. The maximum atomic E-state index is 12.1. The van der Waals surface area contributed by atoms with Crippen LogP contribution >= 0.6 is 11.3 Å². The van der Waals surface area contributed by atoms with Crippen LogP contribution in [0.15, 0.2) is 29.6 Å². The number of nitrogens with two attached hydrogens (primary N) is 1. The van der Waals surface area contributed by atoms with Crippen molar-refractivity contribution < 1.29 is 29.0 Å². The smallest absolute Gasteiger partial charge is 0.342 e. The number of carbonyl (C=O) groups excluding carboxylic acids is 3. The summed E-state index contributed by atoms with van der Waals surface area (Å²) in [4.78, 5) is 35.4. The van der Waals surface area contributed by atoms with Crippen LogP contribution in [0.3, 0.4) is 0 Å². The summed E-state index contributed by atoms with van der Waals surface area (Å²) in [5, 5.41) is 14.2. The first-order chi connectivity index (χ1) is 11.8. The summed E-state index contributed by atoms with van der Waals surface area (Å²) in [5.74, 6) is -2.14. The number of esters is 1. The summed E-state index contributed by atoms with van der Waals surface area (Å²) >= 11 is 1.12. The van der Waals surface area contributed by atoms with Gasteiger partial charge in [-0.2, -0.15) is 0 Å². The summed E-state index contributed by atoms with van der Waals surface area (Å²) < 4.78 is 9.96. The molecule has 0 fully saturated rings. The molecule has 9 heteroatoms. The Balaban J connectivity index is 2.04. The van der Waals surface area contributed by atoms with Crippen LogP contribution in [-0.2, 0) is 9.53 Å². The van der Waals surface area contributed by atoms with Gasteiger partial charge in [0.1, 0.15) is 22.1 Å². The van der Waals surface area contributed by atoms with Crippen molar-refractivity contribution in [2.24, 2.45) is 5.73 Å². The maximum Gasteiger partial charge on any atom is 0.342 e. The van der Waals surface area contributed by atoms with Crippen molar-refractivity contribution in [2.45, 2.75) is 13.0 Å². The van der Waals surface area contributed by atoms with Gasteiger partial charge in [-0.25, -0.2) is 4.79 Å². The second-order valence-corrected chi connectivity index (χ2v) is 5.86. The van der Waals surface area contributed by atoms with E-state index in [1.54, 1.807) is 5.38 Å². The molecule has 0 saturated heterocycles. The molecule has 0 bridgehead atoms. The molecule has 132 valence electrons. The van der Waals surface area contributed by atoms with Gasteiger partial charge in [0.2, 0.25) is 0 Å². The highest BCUT2D eigenvalue weighted by atomic mass is 32.1. The number of ether oxygens (including phenoxy) is 2. The predicted octanol–water partition coefficient (Wildman–Crippen LogP) is 1.75. The third-order valence-electron chi connectivity index (χ3n) is 3.25. The van der Waals surface area contributed by atoms with Gasteiger partial charge in [-0.1, -0.05) is 0 Å². The number of methoxy groups -OCH3 is 1. The van der Waals surface area contributed by atoms with Crippen LogP contribution in [0.1, 0.15) is 27.6 Å². The SMILES string of the molecule is COc1ccc(C(=O)O[C@H](C)C(=O)Nc2sccc2C(N)=O)c(O)c1. The average Bonchev–Trinajstić information content (AvgIpc) is 3.02. The number of benzene rings is 1. The lowest BCUT2D eigenvalue weighted by molar-refractivity contribution is -0.123. The van der Waals surface area contributed by atoms with Gasteiger partial charge in [0.25, 0.3) is 11.8 Å². The molecule has 0 aliphatic rings. The summed E-state index contributed by atoms with van der Waals surface area (Å²) in [7, 11) is 1.42. The van der Waals surface area contributed by atoms with Gasteiger partial charge in [-0.05, 0) is 30.5 Å². The van der Waals surface area contributed by atoms with Crippen LogP contribution in [0.25, 0.3) is 0 Å². The first-order valence-corrected chi connectivity index (χ1v) is 7.97. The Bertz CT molecular complexity index is 817. The van der Waals surface area contributed by atoms with Crippen molar-refractivity contribution in [1.82, 2.24) is 0 Å². The number of nitrogens with one attached hydrogen (secondary N) is 1. The van der Waals surface area contributed by atoms with Gasteiger partial charge in [-0.15, -0.1) is 11.3 Å². The highest BCUT2D eigenvalue weighted by molar-refractivity contribution is 7.14. The molecule has 0 aliphatic heterocycles. The Kier molecular flexibility index (Phi) is 5.60. The normalized spacial score (nSPS) is 11.4. The third-order valence-corrected chi connectivity index (χ3v) is 4.08. The first-order valence-electron chi connectivity index (χ1n) is 7.09. The molecule has 8 nitrogen and oxygen atoms in total. The molecular formula is C16H16N2O6S. The van der Waals surface area contributed by atoms with E-state index in [0.717, 1.165) is 11.3 Å². The van der Waals surface area contributed by atoms with E-state index >= 15 is 0 Å². The topological polar surface area (TPSA) is 128 Å². The number of hydrogen-bond acceptors (Lipinski definition) is 7. The third kappa shape index (κ3) is 4.27. The highest BCUT2D eigenvalue weighted by Crippen LogP contribution is 2.25. The standard InChI is InChI=1S/C16H16N2O6S/c1-8(14(21)18-15-11(13(17)20)5-6-25-15)24-16(22)10-4-3-9(23-2)7-12(10)19/h3-8,19H,1-2H3,(H2,17,20)(H,18,21)/t8-/m1/s1. The van der Waals surface area contributed by atoms with Gasteiger partial charge >= 0.3 is 5.97 Å². The average molecular weight is 364 g/mol. The van der Waals surface area contributed by atoms with Crippen LogP contribution in [0.4, 0.5) is 5.00 Å². The Morgan fingerprint density at radius 2 is 1.96 bits per heavy atom. The quantitative estimate of drug-likeness (QED) is 0.670. The number of aromatic hydroxyl groups is 1. The zero-order valence-electron chi connectivity index (χ0n) is 13.4. The number of anilines is 1. The number of carbonyl (C=O) groups is 3. The Morgan fingerprint density at radius 3 is 2.56 bits per heavy atom. The lowest BCUT2D eigenvalue weighted by Crippen LogP contribution is -2.30. The van der Waals surface area contributed by atoms with E-state index in [-0.39, 0.29) is 21.9 Å². The fraction of sp³-hybridized carbons (Fsp3) is 0.188. The zero-order chi connectivity index (χ0) is 18.6.